The molecule has 6 heteroatoms. The van der Waals surface area contributed by atoms with Crippen LogP contribution < -0.4 is 11.3 Å². The smallest absolute Gasteiger partial charge is 0.259 e. The monoisotopic (exact) mass is 276 g/mol. The molecule has 1 aromatic rings. The van der Waals surface area contributed by atoms with E-state index in [4.69, 9.17) is 10.6 Å². The molecule has 0 bridgehead atoms. The lowest BCUT2D eigenvalue weighted by molar-refractivity contribution is -0.126. The number of amides is 1. The molecule has 4 nitrogen and oxygen atoms in total. The largest absolute Gasteiger partial charge is 0.367 e. The average Bonchev–Trinajstić information content (AvgIpc) is 2.23. The van der Waals surface area contributed by atoms with Gasteiger partial charge in [-0.15, -0.1) is 0 Å². The Morgan fingerprint density at radius 3 is 3.00 bits per heavy atom. The van der Waals surface area contributed by atoms with Gasteiger partial charge in [0.05, 0.1) is 6.61 Å². The van der Waals surface area contributed by atoms with Crippen molar-refractivity contribution in [3.63, 3.8) is 0 Å². The van der Waals surface area contributed by atoms with E-state index in [0.717, 1.165) is 4.47 Å². The van der Waals surface area contributed by atoms with Crippen LogP contribution in [-0.2, 0) is 16.1 Å². The number of hydrazine groups is 1. The molecule has 0 heterocycles. The van der Waals surface area contributed by atoms with E-state index in [1.165, 1.54) is 6.07 Å². The third-order valence-corrected chi connectivity index (χ3v) is 2.15. The summed E-state index contributed by atoms with van der Waals surface area (Å²) in [5, 5.41) is 0. The standard InChI is InChI=1S/C9H10BrFN2O2/c10-7-1-2-8(11)6(3-7)4-15-5-9(14)13-12/h1-3H,4-5,12H2,(H,13,14). The maximum atomic E-state index is 13.1. The molecule has 3 N–H and O–H groups in total. The minimum absolute atomic E-state index is 0.0265. The van der Waals surface area contributed by atoms with E-state index >= 15 is 0 Å². The van der Waals surface area contributed by atoms with Crippen molar-refractivity contribution in [2.75, 3.05) is 6.61 Å². The van der Waals surface area contributed by atoms with Gasteiger partial charge in [-0.05, 0) is 18.2 Å². The molecule has 1 rings (SSSR count). The number of carbonyl (C=O) groups excluding carboxylic acids is 1. The maximum Gasteiger partial charge on any atom is 0.259 e. The number of halogens is 2. The van der Waals surface area contributed by atoms with E-state index < -0.39 is 5.91 Å². The minimum atomic E-state index is -0.453. The Morgan fingerprint density at radius 1 is 1.60 bits per heavy atom. The summed E-state index contributed by atoms with van der Waals surface area (Å²) in [4.78, 5) is 10.7. The number of rotatable bonds is 4. The first-order chi connectivity index (χ1) is 7.13. The molecule has 1 amide bonds. The van der Waals surface area contributed by atoms with Gasteiger partial charge < -0.3 is 4.74 Å². The van der Waals surface area contributed by atoms with Crippen molar-refractivity contribution in [1.29, 1.82) is 0 Å². The van der Waals surface area contributed by atoms with E-state index in [0.29, 0.717) is 5.56 Å². The summed E-state index contributed by atoms with van der Waals surface area (Å²) >= 11 is 3.21. The van der Waals surface area contributed by atoms with Gasteiger partial charge in [0, 0.05) is 10.0 Å². The highest BCUT2D eigenvalue weighted by Gasteiger charge is 2.04. The first kappa shape index (κ1) is 12.1. The SMILES string of the molecule is NNC(=O)COCc1cc(Br)ccc1F. The lowest BCUT2D eigenvalue weighted by Crippen LogP contribution is -2.33. The van der Waals surface area contributed by atoms with E-state index in [9.17, 15) is 9.18 Å². The van der Waals surface area contributed by atoms with Crippen molar-refractivity contribution >= 4 is 21.8 Å². The molecule has 0 fully saturated rings. The fraction of sp³-hybridized carbons (Fsp3) is 0.222. The molecular weight excluding hydrogens is 267 g/mol. The van der Waals surface area contributed by atoms with E-state index in [1.54, 1.807) is 12.1 Å². The van der Waals surface area contributed by atoms with E-state index in [2.05, 4.69) is 15.9 Å². The first-order valence-electron chi connectivity index (χ1n) is 4.14. The minimum Gasteiger partial charge on any atom is -0.367 e. The second-order valence-electron chi connectivity index (χ2n) is 2.80. The maximum absolute atomic E-state index is 13.1. The number of ether oxygens (including phenoxy) is 1. The number of nitrogens with one attached hydrogen (secondary N) is 1. The summed E-state index contributed by atoms with van der Waals surface area (Å²) in [6, 6.07) is 4.51. The van der Waals surface area contributed by atoms with Crippen molar-refractivity contribution in [3.8, 4) is 0 Å². The Hall–Kier alpha value is -0.980. The Balaban J connectivity index is 2.50. The molecule has 0 radical (unpaired) electrons. The summed E-state index contributed by atoms with van der Waals surface area (Å²) in [5.74, 6) is 4.02. The molecule has 0 atom stereocenters. The van der Waals surface area contributed by atoms with Crippen LogP contribution in [0.5, 0.6) is 0 Å². The van der Waals surface area contributed by atoms with E-state index in [-0.39, 0.29) is 19.0 Å². The van der Waals surface area contributed by atoms with Crippen LogP contribution in [0.2, 0.25) is 0 Å². The number of carbonyl (C=O) groups is 1. The molecule has 0 saturated carbocycles. The Labute approximate surface area is 94.7 Å². The average molecular weight is 277 g/mol. The molecule has 82 valence electrons. The van der Waals surface area contributed by atoms with Crippen LogP contribution in [0.1, 0.15) is 5.56 Å². The Kier molecular flexibility index (Phi) is 4.67. The van der Waals surface area contributed by atoms with Gasteiger partial charge in [-0.3, -0.25) is 10.2 Å². The summed E-state index contributed by atoms with van der Waals surface area (Å²) in [5.41, 5.74) is 2.29. The third kappa shape index (κ3) is 3.94. The van der Waals surface area contributed by atoms with Gasteiger partial charge >= 0.3 is 0 Å². The van der Waals surface area contributed by atoms with Crippen LogP contribution in [0.15, 0.2) is 22.7 Å². The Bertz CT molecular complexity index is 360. The predicted molar refractivity (Wildman–Crippen MR) is 56.1 cm³/mol. The molecule has 0 aliphatic carbocycles. The summed E-state index contributed by atoms with van der Waals surface area (Å²) in [6.45, 7) is -0.166. The van der Waals surface area contributed by atoms with Crippen LogP contribution in [0.4, 0.5) is 4.39 Å². The van der Waals surface area contributed by atoms with Gasteiger partial charge in [-0.25, -0.2) is 10.2 Å². The number of hydrogen-bond donors (Lipinski definition) is 2. The van der Waals surface area contributed by atoms with Crippen LogP contribution in [-0.4, -0.2) is 12.5 Å². The highest BCUT2D eigenvalue weighted by Crippen LogP contribution is 2.16. The fourth-order valence-corrected chi connectivity index (χ4v) is 1.36. The normalized spacial score (nSPS) is 10.1. The summed E-state index contributed by atoms with van der Waals surface area (Å²) in [7, 11) is 0. The van der Waals surface area contributed by atoms with Crippen molar-refractivity contribution in [2.24, 2.45) is 5.84 Å². The quantitative estimate of drug-likeness (QED) is 0.492. The molecular formula is C9H10BrFN2O2. The van der Waals surface area contributed by atoms with Crippen molar-refractivity contribution in [2.45, 2.75) is 6.61 Å². The van der Waals surface area contributed by atoms with Crippen molar-refractivity contribution in [1.82, 2.24) is 5.43 Å². The van der Waals surface area contributed by atoms with Gasteiger partial charge in [-0.2, -0.15) is 0 Å². The first-order valence-corrected chi connectivity index (χ1v) is 4.94. The predicted octanol–water partition coefficient (Wildman–Crippen LogP) is 1.09. The lowest BCUT2D eigenvalue weighted by atomic mass is 10.2. The highest BCUT2D eigenvalue weighted by molar-refractivity contribution is 9.10. The van der Waals surface area contributed by atoms with Gasteiger partial charge in [-0.1, -0.05) is 15.9 Å². The van der Waals surface area contributed by atoms with Crippen molar-refractivity contribution in [3.05, 3.63) is 34.1 Å². The van der Waals surface area contributed by atoms with Crippen molar-refractivity contribution < 1.29 is 13.9 Å². The second kappa shape index (κ2) is 5.79. The molecule has 0 aromatic heterocycles. The van der Waals surface area contributed by atoms with Gasteiger partial charge in [0.2, 0.25) is 0 Å². The molecule has 1 aromatic carbocycles. The molecule has 0 unspecified atom stereocenters. The molecule has 0 saturated heterocycles. The van der Waals surface area contributed by atoms with Crippen LogP contribution >= 0.6 is 15.9 Å². The highest BCUT2D eigenvalue weighted by atomic mass is 79.9. The van der Waals surface area contributed by atoms with Gasteiger partial charge in [0.15, 0.2) is 0 Å². The second-order valence-corrected chi connectivity index (χ2v) is 3.71. The summed E-state index contributed by atoms with van der Waals surface area (Å²) < 4.78 is 18.9. The molecule has 15 heavy (non-hydrogen) atoms. The zero-order valence-corrected chi connectivity index (χ0v) is 9.38. The Morgan fingerprint density at radius 2 is 2.33 bits per heavy atom. The van der Waals surface area contributed by atoms with Crippen LogP contribution in [0.25, 0.3) is 0 Å². The van der Waals surface area contributed by atoms with Gasteiger partial charge in [0.1, 0.15) is 12.4 Å². The third-order valence-electron chi connectivity index (χ3n) is 1.66. The topological polar surface area (TPSA) is 64.3 Å². The molecule has 0 aliphatic heterocycles. The number of hydrogen-bond acceptors (Lipinski definition) is 3. The summed E-state index contributed by atoms with van der Waals surface area (Å²) in [6.07, 6.45) is 0. The van der Waals surface area contributed by atoms with Crippen LogP contribution in [0, 0.1) is 5.82 Å². The van der Waals surface area contributed by atoms with E-state index in [1.807, 2.05) is 5.43 Å². The van der Waals surface area contributed by atoms with Gasteiger partial charge in [0.25, 0.3) is 5.91 Å². The number of nitrogens with two attached hydrogens (primary N) is 1. The lowest BCUT2D eigenvalue weighted by Gasteiger charge is -2.05. The molecule has 0 spiro atoms. The number of benzene rings is 1. The zero-order chi connectivity index (χ0) is 11.3. The zero-order valence-electron chi connectivity index (χ0n) is 7.80. The van der Waals surface area contributed by atoms with Crippen LogP contribution in [0.3, 0.4) is 0 Å². The fourth-order valence-electron chi connectivity index (χ4n) is 0.949. The molecule has 0 aliphatic rings.